The van der Waals surface area contributed by atoms with Crippen LogP contribution in [0.1, 0.15) is 42.7 Å². The van der Waals surface area contributed by atoms with Crippen LogP contribution in [0.25, 0.3) is 11.1 Å². The van der Waals surface area contributed by atoms with Gasteiger partial charge >= 0.3 is 12.1 Å². The summed E-state index contributed by atoms with van der Waals surface area (Å²) >= 11 is 0. The van der Waals surface area contributed by atoms with Crippen LogP contribution in [-0.4, -0.2) is 44.6 Å². The fraction of sp³-hybridized carbons (Fsp3) is 0.360. The molecule has 0 amide bonds. The van der Waals surface area contributed by atoms with E-state index < -0.39 is 40.9 Å². The molecule has 0 aliphatic heterocycles. The third-order valence-electron chi connectivity index (χ3n) is 4.70. The number of benzene rings is 2. The van der Waals surface area contributed by atoms with Crippen LogP contribution in [0.3, 0.4) is 0 Å². The lowest BCUT2D eigenvalue weighted by molar-refractivity contribution is -0.157. The van der Waals surface area contributed by atoms with E-state index in [4.69, 9.17) is 14.2 Å². The van der Waals surface area contributed by atoms with Crippen LogP contribution in [0, 0.1) is 5.82 Å². The molecule has 0 bridgehead atoms. The third kappa shape index (κ3) is 7.77. The van der Waals surface area contributed by atoms with Crippen molar-refractivity contribution < 1.29 is 45.8 Å². The zero-order valence-electron chi connectivity index (χ0n) is 20.0. The molecule has 196 valence electrons. The summed E-state index contributed by atoms with van der Waals surface area (Å²) in [5.41, 5.74) is -3.33. The number of allylic oxidation sites excluding steroid dienone is 1. The number of rotatable bonds is 11. The molecular formula is C25H26F5NO5. The van der Waals surface area contributed by atoms with Crippen molar-refractivity contribution in [2.24, 2.45) is 0 Å². The molecule has 0 heterocycles. The Kier molecular flexibility index (Phi) is 9.57. The molecule has 36 heavy (non-hydrogen) atoms. The zero-order chi connectivity index (χ0) is 27.1. The molecule has 0 fully saturated rings. The molecule has 0 aliphatic rings. The van der Waals surface area contributed by atoms with Crippen LogP contribution in [0.5, 0.6) is 5.75 Å². The lowest BCUT2D eigenvalue weighted by Gasteiger charge is -2.25. The number of halogens is 5. The molecule has 0 aliphatic carbocycles. The summed E-state index contributed by atoms with van der Waals surface area (Å²) in [5, 5.41) is 1.96. The van der Waals surface area contributed by atoms with Gasteiger partial charge in [0.25, 0.3) is 0 Å². The Morgan fingerprint density at radius 1 is 1.08 bits per heavy atom. The maximum Gasteiger partial charge on any atom is 0.412 e. The number of carbonyl (C=O) groups is 2. The monoisotopic (exact) mass is 515 g/mol. The normalized spacial score (nSPS) is 13.2. The van der Waals surface area contributed by atoms with E-state index in [0.29, 0.717) is 18.4 Å². The summed E-state index contributed by atoms with van der Waals surface area (Å²) in [5.74, 6) is -2.11. The molecule has 1 N–H and O–H groups in total. The van der Waals surface area contributed by atoms with Gasteiger partial charge in [0.15, 0.2) is 6.79 Å². The first-order chi connectivity index (χ1) is 16.8. The largest absolute Gasteiger partial charge is 0.467 e. The van der Waals surface area contributed by atoms with E-state index in [1.165, 1.54) is 32.2 Å². The van der Waals surface area contributed by atoms with Gasteiger partial charge in [-0.1, -0.05) is 12.1 Å². The minimum Gasteiger partial charge on any atom is -0.467 e. The summed E-state index contributed by atoms with van der Waals surface area (Å²) in [6, 6.07) is 4.30. The number of methoxy groups -OCH3 is 1. The summed E-state index contributed by atoms with van der Waals surface area (Å²) in [4.78, 5) is 23.4. The fourth-order valence-corrected chi connectivity index (χ4v) is 3.23. The molecule has 2 rings (SSSR count). The number of hydrogen-bond acceptors (Lipinski definition) is 6. The van der Waals surface area contributed by atoms with Gasteiger partial charge in [0.2, 0.25) is 0 Å². The maximum absolute atomic E-state index is 15.2. The molecule has 0 saturated heterocycles. The van der Waals surface area contributed by atoms with Gasteiger partial charge in [0.05, 0.1) is 6.61 Å². The minimum atomic E-state index is -5.00. The third-order valence-corrected chi connectivity index (χ3v) is 4.70. The Hall–Kier alpha value is -3.47. The second-order valence-corrected chi connectivity index (χ2v) is 8.13. The van der Waals surface area contributed by atoms with Crippen molar-refractivity contribution in [1.29, 1.82) is 0 Å². The lowest BCUT2D eigenvalue weighted by Crippen LogP contribution is -2.37. The molecule has 2 aromatic rings. The smallest absolute Gasteiger partial charge is 0.412 e. The molecule has 6 nitrogen and oxygen atoms in total. The number of hydrogen-bond donors (Lipinski definition) is 1. The number of aldehydes is 1. The summed E-state index contributed by atoms with van der Waals surface area (Å²) < 4.78 is 86.2. The predicted octanol–water partition coefficient (Wildman–Crippen LogP) is 5.68. The van der Waals surface area contributed by atoms with E-state index in [9.17, 15) is 27.2 Å². The van der Waals surface area contributed by atoms with Crippen molar-refractivity contribution in [1.82, 2.24) is 5.32 Å². The van der Waals surface area contributed by atoms with E-state index >= 15 is 4.39 Å². The lowest BCUT2D eigenvalue weighted by atomic mass is 9.97. The van der Waals surface area contributed by atoms with Crippen LogP contribution in [0.2, 0.25) is 0 Å². The molecule has 11 heteroatoms. The molecule has 1 atom stereocenters. The Bertz CT molecular complexity index is 1110. The predicted molar refractivity (Wildman–Crippen MR) is 122 cm³/mol. The zero-order valence-corrected chi connectivity index (χ0v) is 20.0. The summed E-state index contributed by atoms with van der Waals surface area (Å²) in [7, 11) is 1.36. The highest BCUT2D eigenvalue weighted by Crippen LogP contribution is 2.38. The number of carbonyl (C=O) groups excluding carboxylic acids is 2. The summed E-state index contributed by atoms with van der Waals surface area (Å²) in [6.07, 6.45) is -3.81. The maximum atomic E-state index is 15.2. The molecule has 1 unspecified atom stereocenters. The number of nitrogens with one attached hydrogen (secondary N) is 1. The van der Waals surface area contributed by atoms with Crippen LogP contribution in [-0.2, 0) is 14.3 Å². The minimum absolute atomic E-state index is 0.114. The SMILES string of the molecule is CCOC(=O)/C(=C\C(C)(C)F)NC(c1ccc(-c2cc(C=O)ccc2OCOC)c(F)c1)C(F)(F)F. The van der Waals surface area contributed by atoms with Crippen molar-refractivity contribution in [2.75, 3.05) is 20.5 Å². The van der Waals surface area contributed by atoms with E-state index in [1.807, 2.05) is 5.32 Å². The van der Waals surface area contributed by atoms with Gasteiger partial charge in [0, 0.05) is 23.8 Å². The number of esters is 1. The van der Waals surface area contributed by atoms with Crippen LogP contribution >= 0.6 is 0 Å². The Morgan fingerprint density at radius 2 is 1.78 bits per heavy atom. The van der Waals surface area contributed by atoms with Crippen LogP contribution in [0.4, 0.5) is 22.0 Å². The Morgan fingerprint density at radius 3 is 2.31 bits per heavy atom. The molecule has 0 radical (unpaired) electrons. The van der Waals surface area contributed by atoms with Crippen LogP contribution < -0.4 is 10.1 Å². The second-order valence-electron chi connectivity index (χ2n) is 8.13. The summed E-state index contributed by atoms with van der Waals surface area (Å²) in [6.45, 7) is 3.18. The van der Waals surface area contributed by atoms with Crippen molar-refractivity contribution in [3.63, 3.8) is 0 Å². The van der Waals surface area contributed by atoms with Crippen molar-refractivity contribution in [3.05, 3.63) is 65.1 Å². The Labute approximate surface area is 205 Å². The molecule has 0 aromatic heterocycles. The molecule has 0 saturated carbocycles. The van der Waals surface area contributed by atoms with Gasteiger partial charge in [-0.3, -0.25) is 4.79 Å². The first-order valence-corrected chi connectivity index (χ1v) is 10.7. The fourth-order valence-electron chi connectivity index (χ4n) is 3.23. The van der Waals surface area contributed by atoms with Gasteiger partial charge < -0.3 is 19.5 Å². The number of alkyl halides is 4. The Balaban J connectivity index is 2.56. The highest BCUT2D eigenvalue weighted by molar-refractivity contribution is 5.88. The van der Waals surface area contributed by atoms with E-state index in [1.54, 1.807) is 0 Å². The highest BCUT2D eigenvalue weighted by atomic mass is 19.4. The molecule has 0 spiro atoms. The van der Waals surface area contributed by atoms with E-state index in [2.05, 4.69) is 0 Å². The first kappa shape index (κ1) is 28.8. The van der Waals surface area contributed by atoms with Crippen LogP contribution in [0.15, 0.2) is 48.2 Å². The average Bonchev–Trinajstić information content (AvgIpc) is 2.79. The van der Waals surface area contributed by atoms with Gasteiger partial charge in [-0.2, -0.15) is 13.2 Å². The molecular weight excluding hydrogens is 489 g/mol. The van der Waals surface area contributed by atoms with Crippen molar-refractivity contribution in [2.45, 2.75) is 38.7 Å². The average molecular weight is 515 g/mol. The highest BCUT2D eigenvalue weighted by Gasteiger charge is 2.42. The van der Waals surface area contributed by atoms with E-state index in [-0.39, 0.29) is 35.8 Å². The number of ether oxygens (including phenoxy) is 3. The second kappa shape index (κ2) is 12.0. The van der Waals surface area contributed by atoms with Gasteiger partial charge in [0.1, 0.15) is 35.3 Å². The van der Waals surface area contributed by atoms with Gasteiger partial charge in [-0.05, 0) is 56.7 Å². The van der Waals surface area contributed by atoms with Crippen molar-refractivity contribution in [3.8, 4) is 16.9 Å². The standard InChI is InChI=1S/C25H26F5NO5/c1-5-35-23(33)20(12-24(2,3)27)31-22(25(28,29)30)16-7-8-17(19(26)11-16)18-10-15(13-32)6-9-21(18)36-14-34-4/h6-13,22,31H,5,14H2,1-4H3/b20-12+. The first-order valence-electron chi connectivity index (χ1n) is 10.7. The van der Waals surface area contributed by atoms with Gasteiger partial charge in [-0.15, -0.1) is 0 Å². The molecule has 2 aromatic carbocycles. The topological polar surface area (TPSA) is 73.9 Å². The van der Waals surface area contributed by atoms with Gasteiger partial charge in [-0.25, -0.2) is 13.6 Å². The van der Waals surface area contributed by atoms with Crippen molar-refractivity contribution >= 4 is 12.3 Å². The quantitative estimate of drug-likeness (QED) is 0.137. The van der Waals surface area contributed by atoms with E-state index in [0.717, 1.165) is 26.0 Å².